The van der Waals surface area contributed by atoms with Crippen LogP contribution in [0.4, 0.5) is 0 Å². The summed E-state index contributed by atoms with van der Waals surface area (Å²) in [6, 6.07) is 0.492. The molecule has 17 heavy (non-hydrogen) atoms. The molecule has 3 nitrogen and oxygen atoms in total. The molecule has 0 aliphatic heterocycles. The van der Waals surface area contributed by atoms with Gasteiger partial charge in [0.15, 0.2) is 0 Å². The van der Waals surface area contributed by atoms with Gasteiger partial charge in [-0.1, -0.05) is 26.7 Å². The summed E-state index contributed by atoms with van der Waals surface area (Å²) < 4.78 is 0. The second-order valence-corrected chi connectivity index (χ2v) is 5.93. The molecular formula is C14H27NO2. The van der Waals surface area contributed by atoms with Crippen molar-refractivity contribution < 1.29 is 9.90 Å². The second-order valence-electron chi connectivity index (χ2n) is 5.93. The van der Waals surface area contributed by atoms with Gasteiger partial charge >= 0.3 is 5.97 Å². The van der Waals surface area contributed by atoms with Crippen molar-refractivity contribution in [3.05, 3.63) is 0 Å². The van der Waals surface area contributed by atoms with Gasteiger partial charge in [-0.05, 0) is 44.6 Å². The number of carboxylic acids is 1. The summed E-state index contributed by atoms with van der Waals surface area (Å²) in [4.78, 5) is 11.2. The molecule has 3 unspecified atom stereocenters. The average Bonchev–Trinajstić information content (AvgIpc) is 2.25. The fourth-order valence-corrected chi connectivity index (χ4v) is 2.92. The van der Waals surface area contributed by atoms with Crippen LogP contribution in [0.15, 0.2) is 0 Å². The number of carbonyl (C=O) groups is 1. The molecule has 100 valence electrons. The normalized spacial score (nSPS) is 27.1. The highest BCUT2D eigenvalue weighted by Crippen LogP contribution is 2.29. The lowest BCUT2D eigenvalue weighted by atomic mass is 9.79. The van der Waals surface area contributed by atoms with Crippen molar-refractivity contribution in [2.75, 3.05) is 6.54 Å². The van der Waals surface area contributed by atoms with Crippen LogP contribution in [0.5, 0.6) is 0 Å². The first-order valence-electron chi connectivity index (χ1n) is 6.97. The van der Waals surface area contributed by atoms with E-state index in [4.69, 9.17) is 0 Å². The van der Waals surface area contributed by atoms with Crippen LogP contribution < -0.4 is 5.32 Å². The van der Waals surface area contributed by atoms with Crippen LogP contribution in [0.1, 0.15) is 52.9 Å². The van der Waals surface area contributed by atoms with Crippen molar-refractivity contribution in [3.63, 3.8) is 0 Å². The highest BCUT2D eigenvalue weighted by atomic mass is 16.4. The van der Waals surface area contributed by atoms with Crippen LogP contribution in [0.2, 0.25) is 0 Å². The van der Waals surface area contributed by atoms with E-state index in [1.165, 1.54) is 6.42 Å². The molecule has 0 saturated heterocycles. The number of rotatable bonds is 6. The number of carboxylic acid groups (broad SMARTS) is 1. The smallest absolute Gasteiger partial charge is 0.306 e. The maximum Gasteiger partial charge on any atom is 0.306 e. The molecule has 1 saturated carbocycles. The maximum absolute atomic E-state index is 11.2. The van der Waals surface area contributed by atoms with E-state index in [0.717, 1.165) is 32.2 Å². The Kier molecular flexibility index (Phi) is 5.96. The topological polar surface area (TPSA) is 49.3 Å². The summed E-state index contributed by atoms with van der Waals surface area (Å²) in [7, 11) is 0. The average molecular weight is 241 g/mol. The van der Waals surface area contributed by atoms with E-state index in [9.17, 15) is 9.90 Å². The fraction of sp³-hybridized carbons (Fsp3) is 0.929. The molecule has 0 aromatic rings. The fourth-order valence-electron chi connectivity index (χ4n) is 2.92. The van der Waals surface area contributed by atoms with Crippen molar-refractivity contribution in [1.29, 1.82) is 0 Å². The maximum atomic E-state index is 11.2. The third kappa shape index (κ3) is 5.07. The predicted molar refractivity (Wildman–Crippen MR) is 70.0 cm³/mol. The highest BCUT2D eigenvalue weighted by molar-refractivity contribution is 5.70. The summed E-state index contributed by atoms with van der Waals surface area (Å²) in [6.07, 6.45) is 5.35. The van der Waals surface area contributed by atoms with Crippen molar-refractivity contribution in [2.24, 2.45) is 17.8 Å². The Morgan fingerprint density at radius 3 is 2.53 bits per heavy atom. The first kappa shape index (κ1) is 14.5. The third-order valence-corrected chi connectivity index (χ3v) is 3.78. The minimum absolute atomic E-state index is 0.123. The number of nitrogens with one attached hydrogen (secondary N) is 1. The largest absolute Gasteiger partial charge is 0.481 e. The molecule has 0 spiro atoms. The van der Waals surface area contributed by atoms with Gasteiger partial charge in [-0.15, -0.1) is 0 Å². The zero-order chi connectivity index (χ0) is 12.8. The van der Waals surface area contributed by atoms with Gasteiger partial charge in [0.05, 0.1) is 5.92 Å². The van der Waals surface area contributed by atoms with E-state index < -0.39 is 5.97 Å². The van der Waals surface area contributed by atoms with Gasteiger partial charge in [0, 0.05) is 6.04 Å². The molecule has 0 aromatic heterocycles. The second kappa shape index (κ2) is 7.00. The lowest BCUT2D eigenvalue weighted by molar-refractivity contribution is -0.144. The first-order chi connectivity index (χ1) is 8.00. The number of hydrogen-bond acceptors (Lipinski definition) is 2. The van der Waals surface area contributed by atoms with Gasteiger partial charge in [-0.2, -0.15) is 0 Å². The molecule has 2 N–H and O–H groups in total. The molecule has 0 aromatic carbocycles. The van der Waals surface area contributed by atoms with Gasteiger partial charge < -0.3 is 10.4 Å². The lowest BCUT2D eigenvalue weighted by Crippen LogP contribution is -2.38. The van der Waals surface area contributed by atoms with Gasteiger partial charge in [-0.3, -0.25) is 4.79 Å². The van der Waals surface area contributed by atoms with Gasteiger partial charge in [0.2, 0.25) is 0 Å². The first-order valence-corrected chi connectivity index (χ1v) is 6.97. The van der Waals surface area contributed by atoms with E-state index >= 15 is 0 Å². The summed E-state index contributed by atoms with van der Waals surface area (Å²) in [5.41, 5.74) is 0. The minimum Gasteiger partial charge on any atom is -0.481 e. The van der Waals surface area contributed by atoms with E-state index in [0.29, 0.717) is 17.9 Å². The summed E-state index contributed by atoms with van der Waals surface area (Å²) >= 11 is 0. The summed E-state index contributed by atoms with van der Waals surface area (Å²) in [6.45, 7) is 7.50. The molecule has 3 heteroatoms. The van der Waals surface area contributed by atoms with E-state index in [1.807, 2.05) is 0 Å². The van der Waals surface area contributed by atoms with Crippen molar-refractivity contribution in [1.82, 2.24) is 5.32 Å². The molecule has 3 atom stereocenters. The minimum atomic E-state index is -0.604. The Balaban J connectivity index is 2.35. The number of aliphatic carboxylic acids is 1. The van der Waals surface area contributed by atoms with Crippen LogP contribution in [-0.4, -0.2) is 23.7 Å². The molecule has 1 aliphatic rings. The van der Waals surface area contributed by atoms with Crippen LogP contribution in [-0.2, 0) is 4.79 Å². The van der Waals surface area contributed by atoms with Crippen molar-refractivity contribution in [2.45, 2.75) is 58.9 Å². The summed E-state index contributed by atoms with van der Waals surface area (Å²) in [5, 5.41) is 12.7. The molecule has 1 fully saturated rings. The van der Waals surface area contributed by atoms with Crippen LogP contribution in [0, 0.1) is 17.8 Å². The van der Waals surface area contributed by atoms with Gasteiger partial charge in [0.1, 0.15) is 0 Å². The molecule has 0 bridgehead atoms. The number of hydrogen-bond donors (Lipinski definition) is 2. The van der Waals surface area contributed by atoms with E-state index in [1.54, 1.807) is 0 Å². The molecule has 0 heterocycles. The molecule has 1 rings (SSSR count). The van der Waals surface area contributed by atoms with Crippen LogP contribution in [0.25, 0.3) is 0 Å². The van der Waals surface area contributed by atoms with Gasteiger partial charge in [-0.25, -0.2) is 0 Å². The van der Waals surface area contributed by atoms with Crippen molar-refractivity contribution in [3.8, 4) is 0 Å². The Bertz CT molecular complexity index is 240. The monoisotopic (exact) mass is 241 g/mol. The molecular weight excluding hydrogens is 214 g/mol. The Labute approximate surface area is 105 Å². The standard InChI is InChI=1S/C14H27NO2/c1-10(2)8-11(3)15-9-12-6-4-5-7-13(12)14(16)17/h10-13,15H,4-9H2,1-3H3,(H,16,17). The zero-order valence-electron chi connectivity index (χ0n) is 11.4. The Morgan fingerprint density at radius 1 is 1.29 bits per heavy atom. The molecule has 1 aliphatic carbocycles. The van der Waals surface area contributed by atoms with Gasteiger partial charge in [0.25, 0.3) is 0 Å². The highest BCUT2D eigenvalue weighted by Gasteiger charge is 2.30. The Hall–Kier alpha value is -0.570. The summed E-state index contributed by atoms with van der Waals surface area (Å²) in [5.74, 6) is 0.297. The zero-order valence-corrected chi connectivity index (χ0v) is 11.4. The Morgan fingerprint density at radius 2 is 1.94 bits per heavy atom. The lowest BCUT2D eigenvalue weighted by Gasteiger charge is -2.30. The van der Waals surface area contributed by atoms with E-state index in [-0.39, 0.29) is 5.92 Å². The molecule has 0 radical (unpaired) electrons. The third-order valence-electron chi connectivity index (χ3n) is 3.78. The molecule has 0 amide bonds. The van der Waals surface area contributed by atoms with Crippen LogP contribution >= 0.6 is 0 Å². The predicted octanol–water partition coefficient (Wildman–Crippen LogP) is 2.90. The van der Waals surface area contributed by atoms with Crippen molar-refractivity contribution >= 4 is 5.97 Å². The van der Waals surface area contributed by atoms with Crippen LogP contribution in [0.3, 0.4) is 0 Å². The van der Waals surface area contributed by atoms with E-state index in [2.05, 4.69) is 26.1 Å². The SMILES string of the molecule is CC(C)CC(C)NCC1CCCCC1C(=O)O. The quantitative estimate of drug-likeness (QED) is 0.751.